The number of nitrogens with zero attached hydrogens (tertiary/aromatic N) is 2. The zero-order valence-electron chi connectivity index (χ0n) is 18.2. The molecule has 0 aliphatic carbocycles. The minimum absolute atomic E-state index is 0.0362. The van der Waals surface area contributed by atoms with Gasteiger partial charge in [-0.25, -0.2) is 4.57 Å². The molecule has 0 unspecified atom stereocenters. The van der Waals surface area contributed by atoms with Crippen molar-refractivity contribution >= 4 is 34.6 Å². The van der Waals surface area contributed by atoms with Crippen LogP contribution in [0, 0.1) is 6.92 Å². The molecule has 0 amide bonds. The molecule has 0 bridgehead atoms. The van der Waals surface area contributed by atoms with Crippen LogP contribution < -0.4 is 14.8 Å². The van der Waals surface area contributed by atoms with Gasteiger partial charge in [0.1, 0.15) is 5.52 Å². The smallest absolute Gasteiger partial charge is 0.290 e. The number of para-hydroxylation sites is 1. The van der Waals surface area contributed by atoms with E-state index in [9.17, 15) is 0 Å². The summed E-state index contributed by atoms with van der Waals surface area (Å²) in [6.45, 7) is 4.04. The first kappa shape index (κ1) is 12.8. The van der Waals surface area contributed by atoms with Crippen molar-refractivity contribution in [3.63, 3.8) is 0 Å². The number of allylic oxidation sites excluding steroid dienone is 2. The third-order valence-corrected chi connectivity index (χ3v) is 5.42. The van der Waals surface area contributed by atoms with Crippen LogP contribution in [-0.2, 0) is 7.05 Å². The maximum atomic E-state index is 8.17. The Balaban J connectivity index is 2.03. The quantitative estimate of drug-likeness (QED) is 0.482. The molecule has 0 spiro atoms. The number of benzene rings is 2. The molecule has 0 fully saturated rings. The number of hydrogen-bond donors (Lipinski definition) is 0. The Kier molecular flexibility index (Phi) is 2.94. The molecule has 3 aromatic rings. The second-order valence-corrected chi connectivity index (χ2v) is 6.86. The minimum atomic E-state index is -2.18. The Morgan fingerprint density at radius 3 is 2.56 bits per heavy atom. The van der Waals surface area contributed by atoms with Crippen LogP contribution in [-0.4, -0.2) is 6.85 Å². The van der Waals surface area contributed by atoms with E-state index in [1.807, 2.05) is 50.4 Å². The number of hydrogen-bond acceptors (Lipinski definition) is 1. The van der Waals surface area contributed by atoms with Crippen molar-refractivity contribution in [2.24, 2.45) is 7.05 Å². The highest BCUT2D eigenvalue weighted by atomic mass is 15.2. The maximum absolute atomic E-state index is 8.17. The van der Waals surface area contributed by atoms with Gasteiger partial charge in [-0.1, -0.05) is 42.5 Å². The SMILES string of the molecule is [2H]C([2H])([2H])C1=C(C)N(c2cc(C)c3ccccc3[n+]2C)B(C)c2ccccc21. The highest BCUT2D eigenvalue weighted by molar-refractivity contribution is 6.77. The van der Waals surface area contributed by atoms with Crippen LogP contribution >= 0.6 is 0 Å². The van der Waals surface area contributed by atoms with Crippen molar-refractivity contribution in [2.75, 3.05) is 4.81 Å². The van der Waals surface area contributed by atoms with Gasteiger partial charge in [0, 0.05) is 15.6 Å². The van der Waals surface area contributed by atoms with Crippen molar-refractivity contribution in [3.8, 4) is 0 Å². The van der Waals surface area contributed by atoms with E-state index in [0.29, 0.717) is 5.57 Å². The van der Waals surface area contributed by atoms with Gasteiger partial charge in [0.2, 0.25) is 0 Å². The number of aromatic nitrogens is 1. The summed E-state index contributed by atoms with van der Waals surface area (Å²) in [5.74, 6) is 0.998. The van der Waals surface area contributed by atoms with Gasteiger partial charge >= 0.3 is 6.85 Å². The Labute approximate surface area is 154 Å². The third kappa shape index (κ3) is 2.30. The lowest BCUT2D eigenvalue weighted by atomic mass is 9.52. The van der Waals surface area contributed by atoms with Crippen LogP contribution in [0.3, 0.4) is 0 Å². The lowest BCUT2D eigenvalue weighted by molar-refractivity contribution is -0.631. The first-order valence-electron chi connectivity index (χ1n) is 10.2. The first-order chi connectivity index (χ1) is 13.2. The van der Waals surface area contributed by atoms with Gasteiger partial charge in [-0.3, -0.25) is 4.81 Å². The zero-order valence-corrected chi connectivity index (χ0v) is 15.2. The number of anilines is 1. The van der Waals surface area contributed by atoms with Crippen molar-refractivity contribution in [1.29, 1.82) is 0 Å². The molecule has 4 rings (SSSR count). The van der Waals surface area contributed by atoms with Crippen LogP contribution in [0.5, 0.6) is 0 Å². The summed E-state index contributed by atoms with van der Waals surface area (Å²) in [7, 11) is 2.05. The standard InChI is InChI=1S/C22H24BN2/c1-15-14-22(24(5)21-13-9-7-10-18(15)21)25-17(3)16(2)19-11-6-8-12-20(19)23(25)4/h6-14H,1-5H3/q+1/i2D3. The second kappa shape index (κ2) is 5.77. The van der Waals surface area contributed by atoms with Gasteiger partial charge < -0.3 is 0 Å². The molecule has 124 valence electrons. The third-order valence-electron chi connectivity index (χ3n) is 5.42. The topological polar surface area (TPSA) is 7.12 Å². The molecule has 3 heteroatoms. The normalized spacial score (nSPS) is 16.6. The van der Waals surface area contributed by atoms with Crippen LogP contribution in [0.4, 0.5) is 5.82 Å². The Bertz CT molecular complexity index is 1120. The fourth-order valence-corrected chi connectivity index (χ4v) is 4.03. The van der Waals surface area contributed by atoms with Crippen LogP contribution in [0.25, 0.3) is 16.5 Å². The molecule has 0 saturated heterocycles. The van der Waals surface area contributed by atoms with Gasteiger partial charge in [0.15, 0.2) is 0 Å². The van der Waals surface area contributed by atoms with Crippen LogP contribution in [0.15, 0.2) is 60.3 Å². The molecule has 0 saturated carbocycles. The minimum Gasteiger partial charge on any atom is -0.290 e. The van der Waals surface area contributed by atoms with Crippen molar-refractivity contribution in [3.05, 3.63) is 71.4 Å². The Morgan fingerprint density at radius 2 is 1.76 bits per heavy atom. The maximum Gasteiger partial charge on any atom is 0.409 e. The molecule has 2 aromatic carbocycles. The molecule has 1 aliphatic rings. The van der Waals surface area contributed by atoms with Crippen LogP contribution in [0.2, 0.25) is 6.82 Å². The largest absolute Gasteiger partial charge is 0.409 e. The summed E-state index contributed by atoms with van der Waals surface area (Å²) in [5, 5.41) is 1.21. The van der Waals surface area contributed by atoms with E-state index in [4.69, 9.17) is 4.11 Å². The van der Waals surface area contributed by atoms with Crippen molar-refractivity contribution in [1.82, 2.24) is 0 Å². The van der Waals surface area contributed by atoms with E-state index in [2.05, 4.69) is 41.3 Å². The van der Waals surface area contributed by atoms with E-state index in [0.717, 1.165) is 28.1 Å². The van der Waals surface area contributed by atoms with E-state index in [1.54, 1.807) is 0 Å². The van der Waals surface area contributed by atoms with E-state index in [-0.39, 0.29) is 6.85 Å². The summed E-state index contributed by atoms with van der Waals surface area (Å²) in [4.78, 5) is 2.17. The molecule has 25 heavy (non-hydrogen) atoms. The summed E-state index contributed by atoms with van der Waals surface area (Å²) in [6, 6.07) is 18.4. The predicted octanol–water partition coefficient (Wildman–Crippen LogP) is 4.07. The lowest BCUT2D eigenvalue weighted by Gasteiger charge is -2.31. The fraction of sp³-hybridized carbons (Fsp3) is 0.227. The van der Waals surface area contributed by atoms with Crippen molar-refractivity contribution in [2.45, 2.75) is 27.5 Å². The molecule has 0 atom stereocenters. The van der Waals surface area contributed by atoms with E-state index in [1.165, 1.54) is 10.9 Å². The molecular weight excluding hydrogens is 303 g/mol. The molecular formula is C22H24BN2+. The molecule has 0 radical (unpaired) electrons. The molecule has 1 aromatic heterocycles. The number of aryl methyl sites for hydroxylation is 2. The average molecular weight is 330 g/mol. The number of pyridine rings is 1. The van der Waals surface area contributed by atoms with Gasteiger partial charge in [-0.15, -0.1) is 0 Å². The number of rotatable bonds is 1. The molecule has 2 nitrogen and oxygen atoms in total. The zero-order chi connectivity index (χ0) is 20.2. The van der Waals surface area contributed by atoms with Crippen LogP contribution in [0.1, 0.15) is 29.0 Å². The van der Waals surface area contributed by atoms with E-state index >= 15 is 0 Å². The fourth-order valence-electron chi connectivity index (χ4n) is 4.03. The highest BCUT2D eigenvalue weighted by Gasteiger charge is 2.38. The van der Waals surface area contributed by atoms with Gasteiger partial charge in [-0.05, 0) is 55.8 Å². The Hall–Kier alpha value is -2.55. The number of fused-ring (bicyclic) bond motifs is 2. The Morgan fingerprint density at radius 1 is 1.04 bits per heavy atom. The summed E-state index contributed by atoms with van der Waals surface area (Å²) < 4.78 is 26.7. The highest BCUT2D eigenvalue weighted by Crippen LogP contribution is 2.31. The average Bonchev–Trinajstić information content (AvgIpc) is 2.65. The molecule has 0 N–H and O–H groups in total. The molecule has 2 heterocycles. The monoisotopic (exact) mass is 330 g/mol. The summed E-state index contributed by atoms with van der Waals surface area (Å²) >= 11 is 0. The molecule has 1 aliphatic heterocycles. The lowest BCUT2D eigenvalue weighted by Crippen LogP contribution is -2.53. The van der Waals surface area contributed by atoms with Crippen molar-refractivity contribution < 1.29 is 8.68 Å². The summed E-state index contributed by atoms with van der Waals surface area (Å²) in [6.07, 6.45) is 0. The first-order valence-corrected chi connectivity index (χ1v) is 8.70. The van der Waals surface area contributed by atoms with Gasteiger partial charge in [0.05, 0.1) is 12.7 Å². The predicted molar refractivity (Wildman–Crippen MR) is 108 cm³/mol. The van der Waals surface area contributed by atoms with Gasteiger partial charge in [-0.2, -0.15) is 0 Å². The van der Waals surface area contributed by atoms with Gasteiger partial charge in [0.25, 0.3) is 5.82 Å². The second-order valence-electron chi connectivity index (χ2n) is 6.86. The summed E-state index contributed by atoms with van der Waals surface area (Å²) in [5.41, 5.74) is 5.42. The van der Waals surface area contributed by atoms with E-state index < -0.39 is 6.85 Å².